The maximum Gasteiger partial charge on any atom is 0.123 e. The van der Waals surface area contributed by atoms with Crippen LogP contribution in [0.5, 0.6) is 0 Å². The molecule has 1 N–H and O–H groups in total. The summed E-state index contributed by atoms with van der Waals surface area (Å²) >= 11 is 0. The Hall–Kier alpha value is -1.12. The zero-order valence-corrected chi connectivity index (χ0v) is 6.21. The Bertz CT molecular complexity index is 267. The summed E-state index contributed by atoms with van der Waals surface area (Å²) in [6.45, 7) is 0. The van der Waals surface area contributed by atoms with Gasteiger partial charge in [0.25, 0.3) is 0 Å². The van der Waals surface area contributed by atoms with Crippen molar-refractivity contribution >= 4 is 6.29 Å². The van der Waals surface area contributed by atoms with Crippen molar-refractivity contribution in [1.29, 1.82) is 0 Å². The van der Waals surface area contributed by atoms with E-state index in [-0.39, 0.29) is 5.92 Å². The third-order valence-corrected chi connectivity index (χ3v) is 2.22. The molecule has 1 atom stereocenters. The molecule has 1 aromatic heterocycles. The van der Waals surface area contributed by atoms with Crippen LogP contribution >= 0.6 is 0 Å². The van der Waals surface area contributed by atoms with E-state index in [0.29, 0.717) is 0 Å². The van der Waals surface area contributed by atoms with Gasteiger partial charge in [-0.2, -0.15) is 0 Å². The third-order valence-electron chi connectivity index (χ3n) is 2.22. The lowest BCUT2D eigenvalue weighted by atomic mass is 9.91. The number of hydrogen-bond acceptors (Lipinski definition) is 2. The molecule has 0 aromatic carbocycles. The molecule has 3 heteroatoms. The molecule has 0 amide bonds. The lowest BCUT2D eigenvalue weighted by molar-refractivity contribution is -0.111. The summed E-state index contributed by atoms with van der Waals surface area (Å²) in [5.41, 5.74) is 2.29. The molecule has 0 radical (unpaired) electrons. The minimum atomic E-state index is 0.211. The highest BCUT2D eigenvalue weighted by Gasteiger charge is 2.19. The minimum Gasteiger partial charge on any atom is -0.348 e. The van der Waals surface area contributed by atoms with Crippen LogP contribution in [0.3, 0.4) is 0 Å². The summed E-state index contributed by atoms with van der Waals surface area (Å²) in [6.07, 6.45) is 5.50. The van der Waals surface area contributed by atoms with Crippen LogP contribution in [-0.4, -0.2) is 16.3 Å². The molecule has 2 rings (SSSR count). The fourth-order valence-electron chi connectivity index (χ4n) is 1.54. The summed E-state index contributed by atoms with van der Waals surface area (Å²) in [5.74, 6) is 0.211. The highest BCUT2D eigenvalue weighted by Crippen LogP contribution is 2.20. The fourth-order valence-corrected chi connectivity index (χ4v) is 1.54. The molecular formula is C8H10N2O. The molecule has 1 heterocycles. The van der Waals surface area contributed by atoms with E-state index in [1.165, 1.54) is 0 Å². The van der Waals surface area contributed by atoms with Crippen molar-refractivity contribution in [2.75, 3.05) is 0 Å². The number of aryl methyl sites for hydroxylation is 1. The first-order valence-corrected chi connectivity index (χ1v) is 3.86. The van der Waals surface area contributed by atoms with Gasteiger partial charge in [-0.25, -0.2) is 4.98 Å². The zero-order valence-electron chi connectivity index (χ0n) is 6.21. The van der Waals surface area contributed by atoms with Crippen LogP contribution in [0.25, 0.3) is 0 Å². The zero-order chi connectivity index (χ0) is 7.68. The van der Waals surface area contributed by atoms with Gasteiger partial charge in [0.15, 0.2) is 0 Å². The van der Waals surface area contributed by atoms with E-state index >= 15 is 0 Å². The quantitative estimate of drug-likeness (QED) is 0.599. The molecule has 3 nitrogen and oxygen atoms in total. The Morgan fingerprint density at radius 1 is 1.73 bits per heavy atom. The number of aldehydes is 1. The predicted octanol–water partition coefficient (Wildman–Crippen LogP) is 0.714. The lowest BCUT2D eigenvalue weighted by Gasteiger charge is -2.14. The van der Waals surface area contributed by atoms with Crippen LogP contribution in [-0.2, 0) is 17.6 Å². The first-order valence-electron chi connectivity index (χ1n) is 3.86. The third kappa shape index (κ3) is 1.06. The van der Waals surface area contributed by atoms with Crippen LogP contribution in [0.1, 0.15) is 17.8 Å². The van der Waals surface area contributed by atoms with Gasteiger partial charge >= 0.3 is 0 Å². The summed E-state index contributed by atoms with van der Waals surface area (Å²) in [4.78, 5) is 17.7. The van der Waals surface area contributed by atoms with Gasteiger partial charge in [0, 0.05) is 11.6 Å². The first-order chi connectivity index (χ1) is 5.40. The van der Waals surface area contributed by atoms with Crippen molar-refractivity contribution in [3.63, 3.8) is 0 Å². The van der Waals surface area contributed by atoms with Crippen LogP contribution in [0.15, 0.2) is 6.33 Å². The predicted molar refractivity (Wildman–Crippen MR) is 40.2 cm³/mol. The average molecular weight is 150 g/mol. The Labute approximate surface area is 64.8 Å². The van der Waals surface area contributed by atoms with Crippen LogP contribution in [0, 0.1) is 5.92 Å². The number of aromatic nitrogens is 2. The SMILES string of the molecule is O=CC1CCc2nc[nH]c2C1. The normalized spacial score (nSPS) is 22.7. The van der Waals surface area contributed by atoms with Crippen molar-refractivity contribution in [3.8, 4) is 0 Å². The number of hydrogen-bond donors (Lipinski definition) is 1. The summed E-state index contributed by atoms with van der Waals surface area (Å²) in [7, 11) is 0. The van der Waals surface area contributed by atoms with Gasteiger partial charge in [0.1, 0.15) is 6.29 Å². The Kier molecular flexibility index (Phi) is 1.49. The van der Waals surface area contributed by atoms with Crippen molar-refractivity contribution in [3.05, 3.63) is 17.7 Å². The second-order valence-corrected chi connectivity index (χ2v) is 2.97. The Morgan fingerprint density at radius 3 is 3.45 bits per heavy atom. The Balaban J connectivity index is 2.24. The number of H-pyrrole nitrogens is 1. The molecule has 0 saturated heterocycles. The second kappa shape index (κ2) is 2.49. The molecular weight excluding hydrogens is 140 g/mol. The number of carbonyl (C=O) groups is 1. The largest absolute Gasteiger partial charge is 0.348 e. The molecule has 0 bridgehead atoms. The van der Waals surface area contributed by atoms with E-state index in [9.17, 15) is 4.79 Å². The monoisotopic (exact) mass is 150 g/mol. The van der Waals surface area contributed by atoms with E-state index in [0.717, 1.165) is 36.9 Å². The van der Waals surface area contributed by atoms with Crippen LogP contribution in [0.4, 0.5) is 0 Å². The fraction of sp³-hybridized carbons (Fsp3) is 0.500. The van der Waals surface area contributed by atoms with E-state index in [4.69, 9.17) is 0 Å². The molecule has 58 valence electrons. The maximum absolute atomic E-state index is 10.5. The van der Waals surface area contributed by atoms with Gasteiger partial charge in [0.05, 0.1) is 12.0 Å². The summed E-state index contributed by atoms with van der Waals surface area (Å²) in [6, 6.07) is 0. The number of rotatable bonds is 1. The lowest BCUT2D eigenvalue weighted by Crippen LogP contribution is -2.14. The average Bonchev–Trinajstić information content (AvgIpc) is 2.50. The van der Waals surface area contributed by atoms with E-state index in [1.54, 1.807) is 6.33 Å². The number of nitrogens with one attached hydrogen (secondary N) is 1. The highest BCUT2D eigenvalue weighted by molar-refractivity contribution is 5.55. The highest BCUT2D eigenvalue weighted by atomic mass is 16.1. The molecule has 1 aromatic rings. The van der Waals surface area contributed by atoms with Gasteiger partial charge in [-0.3, -0.25) is 0 Å². The number of carbonyl (C=O) groups excluding carboxylic acids is 1. The molecule has 0 aliphatic heterocycles. The van der Waals surface area contributed by atoms with Crippen molar-refractivity contribution in [2.45, 2.75) is 19.3 Å². The topological polar surface area (TPSA) is 45.8 Å². The van der Waals surface area contributed by atoms with Crippen molar-refractivity contribution in [2.24, 2.45) is 5.92 Å². The molecule has 0 saturated carbocycles. The Morgan fingerprint density at radius 2 is 2.64 bits per heavy atom. The summed E-state index contributed by atoms with van der Waals surface area (Å²) < 4.78 is 0. The van der Waals surface area contributed by atoms with E-state index in [2.05, 4.69) is 9.97 Å². The molecule has 11 heavy (non-hydrogen) atoms. The van der Waals surface area contributed by atoms with Crippen LogP contribution < -0.4 is 0 Å². The first kappa shape index (κ1) is 6.58. The van der Waals surface area contributed by atoms with E-state index < -0.39 is 0 Å². The summed E-state index contributed by atoms with van der Waals surface area (Å²) in [5, 5.41) is 0. The minimum absolute atomic E-state index is 0.211. The number of fused-ring (bicyclic) bond motifs is 1. The van der Waals surface area contributed by atoms with Crippen molar-refractivity contribution in [1.82, 2.24) is 9.97 Å². The van der Waals surface area contributed by atoms with Gasteiger partial charge in [-0.05, 0) is 19.3 Å². The van der Waals surface area contributed by atoms with Gasteiger partial charge in [-0.1, -0.05) is 0 Å². The number of aromatic amines is 1. The molecule has 0 fully saturated rings. The number of nitrogens with zero attached hydrogens (tertiary/aromatic N) is 1. The van der Waals surface area contributed by atoms with Gasteiger partial charge in [0.2, 0.25) is 0 Å². The van der Waals surface area contributed by atoms with Crippen molar-refractivity contribution < 1.29 is 4.79 Å². The van der Waals surface area contributed by atoms with Gasteiger partial charge < -0.3 is 9.78 Å². The molecule has 1 unspecified atom stereocenters. The maximum atomic E-state index is 10.5. The molecule has 1 aliphatic rings. The van der Waals surface area contributed by atoms with Gasteiger partial charge in [-0.15, -0.1) is 0 Å². The standard InChI is InChI=1S/C8H10N2O/c11-4-6-1-2-7-8(3-6)10-5-9-7/h4-6H,1-3H2,(H,9,10). The molecule has 0 spiro atoms. The smallest absolute Gasteiger partial charge is 0.123 e. The van der Waals surface area contributed by atoms with E-state index in [1.807, 2.05) is 0 Å². The number of imidazole rings is 1. The second-order valence-electron chi connectivity index (χ2n) is 2.97. The van der Waals surface area contributed by atoms with Crippen LogP contribution in [0.2, 0.25) is 0 Å². The molecule has 1 aliphatic carbocycles.